The molecular weight excluding hydrogens is 476 g/mol. The first-order valence-electron chi connectivity index (χ1n) is 9.12. The second-order valence-electron chi connectivity index (χ2n) is 6.72. The van der Waals surface area contributed by atoms with Crippen molar-refractivity contribution >= 4 is 49.3 Å². The van der Waals surface area contributed by atoms with Crippen LogP contribution in [0.5, 0.6) is 0 Å². The van der Waals surface area contributed by atoms with Gasteiger partial charge in [0, 0.05) is 41.7 Å². The minimum atomic E-state index is -3.78. The van der Waals surface area contributed by atoms with Crippen LogP contribution in [0.4, 0.5) is 5.69 Å². The second kappa shape index (κ2) is 9.61. The van der Waals surface area contributed by atoms with Crippen molar-refractivity contribution in [3.05, 3.63) is 52.0 Å². The lowest BCUT2D eigenvalue weighted by Crippen LogP contribution is -2.33. The number of sulfonamides is 1. The van der Waals surface area contributed by atoms with Gasteiger partial charge in [0.1, 0.15) is 0 Å². The molecule has 0 aromatic heterocycles. The van der Waals surface area contributed by atoms with E-state index >= 15 is 0 Å². The SMILES string of the molecule is COCCN(Cc1ccc(C)c(Br)c1)S(=O)(=O)c1ccc2c(c1)NC(=O)CCS2. The van der Waals surface area contributed by atoms with Crippen LogP contribution in [0.1, 0.15) is 17.5 Å². The Hall–Kier alpha value is -1.39. The van der Waals surface area contributed by atoms with Gasteiger partial charge in [0.25, 0.3) is 0 Å². The monoisotopic (exact) mass is 498 g/mol. The fourth-order valence-corrected chi connectivity index (χ4v) is 5.73. The number of benzene rings is 2. The number of nitrogens with one attached hydrogen (secondary N) is 1. The van der Waals surface area contributed by atoms with Crippen LogP contribution in [0.3, 0.4) is 0 Å². The molecule has 0 radical (unpaired) electrons. The van der Waals surface area contributed by atoms with Gasteiger partial charge >= 0.3 is 0 Å². The lowest BCUT2D eigenvalue weighted by molar-refractivity contribution is -0.115. The van der Waals surface area contributed by atoms with Gasteiger partial charge in [-0.15, -0.1) is 11.8 Å². The van der Waals surface area contributed by atoms with Crippen LogP contribution >= 0.6 is 27.7 Å². The molecule has 6 nitrogen and oxygen atoms in total. The lowest BCUT2D eigenvalue weighted by Gasteiger charge is -2.23. The van der Waals surface area contributed by atoms with Crippen molar-refractivity contribution in [2.24, 2.45) is 0 Å². The molecular formula is C20H23BrN2O4S2. The van der Waals surface area contributed by atoms with Gasteiger partial charge in [-0.2, -0.15) is 4.31 Å². The van der Waals surface area contributed by atoms with E-state index in [2.05, 4.69) is 21.2 Å². The van der Waals surface area contributed by atoms with Crippen LogP contribution in [0.25, 0.3) is 0 Å². The molecule has 1 aliphatic rings. The summed E-state index contributed by atoms with van der Waals surface area (Å²) in [5, 5.41) is 2.81. The van der Waals surface area contributed by atoms with Gasteiger partial charge in [0.15, 0.2) is 0 Å². The molecule has 1 heterocycles. The molecule has 0 unspecified atom stereocenters. The molecule has 156 valence electrons. The number of thioether (sulfide) groups is 1. The van der Waals surface area contributed by atoms with E-state index in [0.717, 1.165) is 20.5 Å². The largest absolute Gasteiger partial charge is 0.383 e. The zero-order valence-corrected chi connectivity index (χ0v) is 19.5. The van der Waals surface area contributed by atoms with E-state index in [1.165, 1.54) is 4.31 Å². The molecule has 0 bridgehead atoms. The number of rotatable bonds is 7. The number of aryl methyl sites for hydroxylation is 1. The van der Waals surface area contributed by atoms with Crippen LogP contribution in [0.15, 0.2) is 50.7 Å². The quantitative estimate of drug-likeness (QED) is 0.623. The summed E-state index contributed by atoms with van der Waals surface area (Å²) < 4.78 is 34.2. The van der Waals surface area contributed by atoms with Gasteiger partial charge in [-0.25, -0.2) is 8.42 Å². The van der Waals surface area contributed by atoms with E-state index in [-0.39, 0.29) is 30.5 Å². The minimum Gasteiger partial charge on any atom is -0.383 e. The van der Waals surface area contributed by atoms with E-state index in [9.17, 15) is 13.2 Å². The first-order chi connectivity index (χ1) is 13.8. The number of anilines is 1. The third kappa shape index (κ3) is 5.40. The van der Waals surface area contributed by atoms with Gasteiger partial charge in [0.05, 0.1) is 17.2 Å². The van der Waals surface area contributed by atoms with Gasteiger partial charge in [0.2, 0.25) is 15.9 Å². The zero-order chi connectivity index (χ0) is 21.0. The molecule has 0 saturated carbocycles. The normalized spacial score (nSPS) is 14.4. The summed E-state index contributed by atoms with van der Waals surface area (Å²) >= 11 is 5.05. The number of nitrogens with zero attached hydrogens (tertiary/aromatic N) is 1. The first kappa shape index (κ1) is 22.3. The molecule has 9 heteroatoms. The van der Waals surface area contributed by atoms with Crippen molar-refractivity contribution in [2.75, 3.05) is 31.3 Å². The summed E-state index contributed by atoms with van der Waals surface area (Å²) in [6, 6.07) is 10.7. The Bertz CT molecular complexity index is 1010. The number of hydrogen-bond acceptors (Lipinski definition) is 5. The lowest BCUT2D eigenvalue weighted by atomic mass is 10.1. The third-order valence-corrected chi connectivity index (χ3v) is 8.36. The van der Waals surface area contributed by atoms with Crippen LogP contribution in [-0.4, -0.2) is 44.6 Å². The Morgan fingerprint density at radius 2 is 2.03 bits per heavy atom. The van der Waals surface area contributed by atoms with Crippen LogP contribution in [0, 0.1) is 6.92 Å². The maximum absolute atomic E-state index is 13.4. The van der Waals surface area contributed by atoms with Gasteiger partial charge < -0.3 is 10.1 Å². The first-order valence-corrected chi connectivity index (χ1v) is 12.3. The Morgan fingerprint density at radius 3 is 2.76 bits per heavy atom. The number of methoxy groups -OCH3 is 1. The number of fused-ring (bicyclic) bond motifs is 1. The topological polar surface area (TPSA) is 75.7 Å². The van der Waals surface area contributed by atoms with Crippen molar-refractivity contribution in [2.45, 2.75) is 29.7 Å². The molecule has 0 spiro atoms. The van der Waals surface area contributed by atoms with Crippen LogP contribution in [0.2, 0.25) is 0 Å². The van der Waals surface area contributed by atoms with Gasteiger partial charge in [-0.05, 0) is 42.3 Å². The highest BCUT2D eigenvalue weighted by Gasteiger charge is 2.26. The molecule has 0 saturated heterocycles. The van der Waals surface area contributed by atoms with Crippen molar-refractivity contribution in [3.63, 3.8) is 0 Å². The highest BCUT2D eigenvalue weighted by molar-refractivity contribution is 9.10. The Labute approximate surface area is 184 Å². The molecule has 1 amide bonds. The zero-order valence-electron chi connectivity index (χ0n) is 16.3. The van der Waals surface area contributed by atoms with E-state index < -0.39 is 10.0 Å². The molecule has 2 aromatic rings. The minimum absolute atomic E-state index is 0.105. The molecule has 0 atom stereocenters. The predicted molar refractivity (Wildman–Crippen MR) is 119 cm³/mol. The highest BCUT2D eigenvalue weighted by atomic mass is 79.9. The van der Waals surface area contributed by atoms with Crippen molar-refractivity contribution < 1.29 is 17.9 Å². The van der Waals surface area contributed by atoms with Crippen molar-refractivity contribution in [3.8, 4) is 0 Å². The number of carbonyl (C=O) groups excluding carboxylic acids is 1. The summed E-state index contributed by atoms with van der Waals surface area (Å²) in [5.74, 6) is 0.569. The Kier molecular flexibility index (Phi) is 7.39. The molecule has 0 fully saturated rings. The van der Waals surface area contributed by atoms with Crippen LogP contribution < -0.4 is 5.32 Å². The standard InChI is InChI=1S/C20H23BrN2O4S2/c1-14-3-4-15(11-17(14)21)13-23(8-9-27-2)29(25,26)16-5-6-19-18(12-16)22-20(24)7-10-28-19/h3-6,11-12H,7-10,13H2,1-2H3,(H,22,24). The highest BCUT2D eigenvalue weighted by Crippen LogP contribution is 2.33. The third-order valence-electron chi connectivity index (χ3n) is 4.59. The van der Waals surface area contributed by atoms with Crippen molar-refractivity contribution in [1.29, 1.82) is 0 Å². The molecule has 29 heavy (non-hydrogen) atoms. The van der Waals surface area contributed by atoms with E-state index in [0.29, 0.717) is 17.9 Å². The maximum atomic E-state index is 13.4. The average molecular weight is 499 g/mol. The number of halogens is 1. The van der Waals surface area contributed by atoms with Crippen molar-refractivity contribution in [1.82, 2.24) is 4.31 Å². The van der Waals surface area contributed by atoms with E-state index in [1.807, 2.05) is 25.1 Å². The molecule has 3 rings (SSSR count). The molecule has 1 N–H and O–H groups in total. The van der Waals surface area contributed by atoms with Crippen LogP contribution in [-0.2, 0) is 26.1 Å². The number of hydrogen-bond donors (Lipinski definition) is 1. The molecule has 2 aromatic carbocycles. The fourth-order valence-electron chi connectivity index (χ4n) is 2.92. The molecule has 1 aliphatic heterocycles. The second-order valence-corrected chi connectivity index (χ2v) is 10.6. The average Bonchev–Trinajstić information content (AvgIpc) is 2.87. The maximum Gasteiger partial charge on any atom is 0.243 e. The predicted octanol–water partition coefficient (Wildman–Crippen LogP) is 4.03. The number of carbonyl (C=O) groups is 1. The summed E-state index contributed by atoms with van der Waals surface area (Å²) in [6.45, 7) is 2.71. The smallest absolute Gasteiger partial charge is 0.243 e. The Morgan fingerprint density at radius 1 is 1.24 bits per heavy atom. The summed E-state index contributed by atoms with van der Waals surface area (Å²) in [4.78, 5) is 12.9. The Balaban J connectivity index is 1.93. The van der Waals surface area contributed by atoms with E-state index in [4.69, 9.17) is 4.74 Å². The number of amides is 1. The van der Waals surface area contributed by atoms with E-state index in [1.54, 1.807) is 37.1 Å². The summed E-state index contributed by atoms with van der Waals surface area (Å²) in [5.41, 5.74) is 2.50. The summed E-state index contributed by atoms with van der Waals surface area (Å²) in [6.07, 6.45) is 0.406. The van der Waals surface area contributed by atoms with Gasteiger partial charge in [-0.1, -0.05) is 28.1 Å². The number of ether oxygens (including phenoxy) is 1. The molecule has 0 aliphatic carbocycles. The fraction of sp³-hybridized carbons (Fsp3) is 0.350. The summed E-state index contributed by atoms with van der Waals surface area (Å²) in [7, 11) is -2.24. The van der Waals surface area contributed by atoms with Gasteiger partial charge in [-0.3, -0.25) is 4.79 Å².